The van der Waals surface area contributed by atoms with Gasteiger partial charge in [-0.1, -0.05) is 50.6 Å². The number of benzene rings is 1. The first-order valence-electron chi connectivity index (χ1n) is 7.70. The molecule has 1 heterocycles. The van der Waals surface area contributed by atoms with Gasteiger partial charge >= 0.3 is 0 Å². The lowest BCUT2D eigenvalue weighted by Gasteiger charge is -2.36. The van der Waals surface area contributed by atoms with E-state index in [0.29, 0.717) is 17.9 Å². The third kappa shape index (κ3) is 3.40. The van der Waals surface area contributed by atoms with Crippen LogP contribution < -0.4 is 5.32 Å². The second kappa shape index (κ2) is 6.89. The molecule has 1 aromatic rings. The maximum atomic E-state index is 12.9. The average Bonchev–Trinajstić information content (AvgIpc) is 2.48. The number of piperazine rings is 1. The van der Waals surface area contributed by atoms with Crippen LogP contribution in [0.4, 0.5) is 0 Å². The molecule has 1 fully saturated rings. The third-order valence-electron chi connectivity index (χ3n) is 4.32. The predicted octanol–water partition coefficient (Wildman–Crippen LogP) is 2.64. The minimum atomic E-state index is -0.00787. The van der Waals surface area contributed by atoms with Crippen LogP contribution in [-0.4, -0.2) is 36.5 Å². The van der Waals surface area contributed by atoms with E-state index in [0.717, 1.165) is 31.6 Å². The first-order chi connectivity index (χ1) is 9.63. The topological polar surface area (TPSA) is 32.3 Å². The number of hydrogen-bond donors (Lipinski definition) is 1. The van der Waals surface area contributed by atoms with Crippen molar-refractivity contribution in [3.05, 3.63) is 35.9 Å². The molecule has 0 radical (unpaired) electrons. The molecule has 3 heteroatoms. The van der Waals surface area contributed by atoms with Crippen LogP contribution in [0.3, 0.4) is 0 Å². The fourth-order valence-electron chi connectivity index (χ4n) is 2.94. The largest absolute Gasteiger partial charge is 0.339 e. The van der Waals surface area contributed by atoms with Crippen molar-refractivity contribution in [2.24, 2.45) is 5.92 Å². The van der Waals surface area contributed by atoms with Crippen LogP contribution in [0.25, 0.3) is 0 Å². The standard InChI is InChI=1S/C17H26N2O/c1-4-13(2)16(15-8-6-5-7-9-15)17(20)19-11-10-18-14(3)12-19/h5-9,13-14,16,18H,4,10-12H2,1-3H3/t13?,14-,16?/m0/s1. The van der Waals surface area contributed by atoms with E-state index in [1.165, 1.54) is 0 Å². The molecular weight excluding hydrogens is 248 g/mol. The maximum Gasteiger partial charge on any atom is 0.230 e. The van der Waals surface area contributed by atoms with Crippen molar-refractivity contribution in [1.82, 2.24) is 10.2 Å². The van der Waals surface area contributed by atoms with Gasteiger partial charge in [0.05, 0.1) is 5.92 Å². The van der Waals surface area contributed by atoms with Crippen molar-refractivity contribution in [1.29, 1.82) is 0 Å². The van der Waals surface area contributed by atoms with Gasteiger partial charge < -0.3 is 10.2 Å². The van der Waals surface area contributed by atoms with Gasteiger partial charge in [-0.05, 0) is 18.4 Å². The van der Waals surface area contributed by atoms with Crippen molar-refractivity contribution in [2.75, 3.05) is 19.6 Å². The van der Waals surface area contributed by atoms with E-state index >= 15 is 0 Å². The van der Waals surface area contributed by atoms with Crippen molar-refractivity contribution in [2.45, 2.75) is 39.2 Å². The van der Waals surface area contributed by atoms with E-state index in [4.69, 9.17) is 0 Å². The Labute approximate surface area is 122 Å². The van der Waals surface area contributed by atoms with Gasteiger partial charge in [-0.15, -0.1) is 0 Å². The average molecular weight is 274 g/mol. The highest BCUT2D eigenvalue weighted by Gasteiger charge is 2.31. The van der Waals surface area contributed by atoms with Crippen LogP contribution in [0.2, 0.25) is 0 Å². The Morgan fingerprint density at radius 3 is 2.70 bits per heavy atom. The Morgan fingerprint density at radius 2 is 2.10 bits per heavy atom. The van der Waals surface area contributed by atoms with Crippen LogP contribution in [0, 0.1) is 5.92 Å². The van der Waals surface area contributed by atoms with Gasteiger partial charge in [0.15, 0.2) is 0 Å². The predicted molar refractivity (Wildman–Crippen MR) is 82.7 cm³/mol. The van der Waals surface area contributed by atoms with Gasteiger partial charge in [0.1, 0.15) is 0 Å². The van der Waals surface area contributed by atoms with Crippen LogP contribution in [0.15, 0.2) is 30.3 Å². The zero-order valence-corrected chi connectivity index (χ0v) is 12.8. The third-order valence-corrected chi connectivity index (χ3v) is 4.32. The number of hydrogen-bond acceptors (Lipinski definition) is 2. The fraction of sp³-hybridized carbons (Fsp3) is 0.588. The Hall–Kier alpha value is -1.35. The molecule has 0 saturated carbocycles. The zero-order valence-electron chi connectivity index (χ0n) is 12.8. The molecule has 1 aliphatic heterocycles. The molecule has 1 aromatic carbocycles. The van der Waals surface area contributed by atoms with Gasteiger partial charge in [-0.2, -0.15) is 0 Å². The monoisotopic (exact) mass is 274 g/mol. The fourth-order valence-corrected chi connectivity index (χ4v) is 2.94. The molecule has 110 valence electrons. The van der Waals surface area contributed by atoms with E-state index in [9.17, 15) is 4.79 Å². The first kappa shape index (κ1) is 15.0. The van der Waals surface area contributed by atoms with E-state index in [1.807, 2.05) is 23.1 Å². The van der Waals surface area contributed by atoms with Gasteiger partial charge in [-0.25, -0.2) is 0 Å². The molecule has 0 bridgehead atoms. The molecular formula is C17H26N2O. The zero-order chi connectivity index (χ0) is 14.5. The molecule has 3 atom stereocenters. The molecule has 20 heavy (non-hydrogen) atoms. The second-order valence-corrected chi connectivity index (χ2v) is 5.91. The Kier molecular flexibility index (Phi) is 5.18. The van der Waals surface area contributed by atoms with Gasteiger partial charge in [-0.3, -0.25) is 4.79 Å². The minimum absolute atomic E-state index is 0.00787. The van der Waals surface area contributed by atoms with Gasteiger partial charge in [0.25, 0.3) is 0 Å². The Bertz CT molecular complexity index is 432. The molecule has 3 nitrogen and oxygen atoms in total. The lowest BCUT2D eigenvalue weighted by molar-refractivity contribution is -0.135. The molecule has 2 unspecified atom stereocenters. The summed E-state index contributed by atoms with van der Waals surface area (Å²) < 4.78 is 0. The highest BCUT2D eigenvalue weighted by atomic mass is 16.2. The summed E-state index contributed by atoms with van der Waals surface area (Å²) in [6.07, 6.45) is 1.02. The number of nitrogens with one attached hydrogen (secondary N) is 1. The summed E-state index contributed by atoms with van der Waals surface area (Å²) in [6, 6.07) is 10.6. The smallest absolute Gasteiger partial charge is 0.230 e. The summed E-state index contributed by atoms with van der Waals surface area (Å²) in [4.78, 5) is 15.0. The highest BCUT2D eigenvalue weighted by molar-refractivity contribution is 5.84. The second-order valence-electron chi connectivity index (χ2n) is 5.91. The molecule has 0 aromatic heterocycles. The van der Waals surface area contributed by atoms with E-state index in [2.05, 4.69) is 38.2 Å². The summed E-state index contributed by atoms with van der Waals surface area (Å²) in [5, 5.41) is 3.39. The first-order valence-corrected chi connectivity index (χ1v) is 7.70. The number of amides is 1. The molecule has 0 spiro atoms. The van der Waals surface area contributed by atoms with E-state index < -0.39 is 0 Å². The molecule has 1 amide bonds. The molecule has 2 rings (SSSR count). The number of carbonyl (C=O) groups excluding carboxylic acids is 1. The number of carbonyl (C=O) groups is 1. The molecule has 0 aliphatic carbocycles. The van der Waals surface area contributed by atoms with Crippen molar-refractivity contribution in [3.63, 3.8) is 0 Å². The summed E-state index contributed by atoms with van der Waals surface area (Å²) in [5.41, 5.74) is 1.15. The quantitative estimate of drug-likeness (QED) is 0.915. The van der Waals surface area contributed by atoms with Crippen molar-refractivity contribution < 1.29 is 4.79 Å². The summed E-state index contributed by atoms with van der Waals surface area (Å²) in [7, 11) is 0. The summed E-state index contributed by atoms with van der Waals surface area (Å²) in [6.45, 7) is 9.02. The van der Waals surface area contributed by atoms with Crippen LogP contribution in [-0.2, 0) is 4.79 Å². The van der Waals surface area contributed by atoms with Crippen LogP contribution in [0.1, 0.15) is 38.7 Å². The van der Waals surface area contributed by atoms with Gasteiger partial charge in [0.2, 0.25) is 5.91 Å². The van der Waals surface area contributed by atoms with Crippen LogP contribution in [0.5, 0.6) is 0 Å². The Morgan fingerprint density at radius 1 is 1.40 bits per heavy atom. The van der Waals surface area contributed by atoms with Crippen LogP contribution >= 0.6 is 0 Å². The molecule has 1 N–H and O–H groups in total. The van der Waals surface area contributed by atoms with E-state index in [-0.39, 0.29) is 5.92 Å². The summed E-state index contributed by atoms with van der Waals surface area (Å²) >= 11 is 0. The lowest BCUT2D eigenvalue weighted by atomic mass is 9.84. The minimum Gasteiger partial charge on any atom is -0.339 e. The molecule has 1 saturated heterocycles. The van der Waals surface area contributed by atoms with Gasteiger partial charge in [0, 0.05) is 25.7 Å². The number of rotatable bonds is 4. The normalized spacial score (nSPS) is 22.4. The summed E-state index contributed by atoms with van der Waals surface area (Å²) in [5.74, 6) is 0.653. The maximum absolute atomic E-state index is 12.9. The SMILES string of the molecule is CCC(C)C(C(=O)N1CCN[C@@H](C)C1)c1ccccc1. The number of nitrogens with zero attached hydrogens (tertiary/aromatic N) is 1. The molecule has 1 aliphatic rings. The highest BCUT2D eigenvalue weighted by Crippen LogP contribution is 2.29. The van der Waals surface area contributed by atoms with Crippen molar-refractivity contribution in [3.8, 4) is 0 Å². The van der Waals surface area contributed by atoms with Crippen molar-refractivity contribution >= 4 is 5.91 Å². The van der Waals surface area contributed by atoms with E-state index in [1.54, 1.807) is 0 Å². The Balaban J connectivity index is 2.20. The lowest BCUT2D eigenvalue weighted by Crippen LogP contribution is -2.53.